The molecule has 2 aliphatic carbocycles. The van der Waals surface area contributed by atoms with Crippen LogP contribution in [0.4, 0.5) is 5.82 Å². The van der Waals surface area contributed by atoms with Crippen LogP contribution in [0.15, 0.2) is 58.3 Å². The zero-order chi connectivity index (χ0) is 22.5. The average Bonchev–Trinajstić information content (AvgIpc) is 3.55. The van der Waals surface area contributed by atoms with Crippen LogP contribution in [0.1, 0.15) is 37.7 Å². The molecule has 2 fully saturated rings. The number of nitrogens with two attached hydrogens (primary N) is 1. The zero-order valence-corrected chi connectivity index (χ0v) is 18.1. The Labute approximate surface area is 187 Å². The molecule has 0 aliphatic heterocycles. The third-order valence-electron chi connectivity index (χ3n) is 5.88. The van der Waals surface area contributed by atoms with Crippen LogP contribution in [0.2, 0.25) is 0 Å². The minimum absolute atomic E-state index is 0.104. The Morgan fingerprint density at radius 1 is 1.28 bits per heavy atom. The van der Waals surface area contributed by atoms with E-state index in [9.17, 15) is 4.79 Å². The minimum Gasteiger partial charge on any atom is -0.390 e. The molecule has 0 spiro atoms. The van der Waals surface area contributed by atoms with E-state index >= 15 is 0 Å². The summed E-state index contributed by atoms with van der Waals surface area (Å²) in [7, 11) is 1.92. The van der Waals surface area contributed by atoms with Gasteiger partial charge in [-0.2, -0.15) is 5.26 Å². The smallest absolute Gasteiger partial charge is 0.273 e. The predicted octanol–water partition coefficient (Wildman–Crippen LogP) is 1.81. The predicted molar refractivity (Wildman–Crippen MR) is 124 cm³/mol. The van der Waals surface area contributed by atoms with Gasteiger partial charge in [0.1, 0.15) is 17.5 Å². The number of rotatable bonds is 7. The van der Waals surface area contributed by atoms with E-state index in [4.69, 9.17) is 11.0 Å². The van der Waals surface area contributed by atoms with Gasteiger partial charge < -0.3 is 21.7 Å². The maximum Gasteiger partial charge on any atom is 0.273 e. The van der Waals surface area contributed by atoms with Crippen LogP contribution in [-0.2, 0) is 0 Å². The van der Waals surface area contributed by atoms with Gasteiger partial charge in [0.2, 0.25) is 0 Å². The van der Waals surface area contributed by atoms with Crippen LogP contribution in [0, 0.1) is 17.2 Å². The van der Waals surface area contributed by atoms with E-state index in [0.29, 0.717) is 17.6 Å². The van der Waals surface area contributed by atoms with Gasteiger partial charge in [-0.15, -0.1) is 0 Å². The fourth-order valence-corrected chi connectivity index (χ4v) is 4.00. The molecule has 0 radical (unpaired) electrons. The fraction of sp³-hybridized carbons (Fsp3) is 0.391. The lowest BCUT2D eigenvalue weighted by atomic mass is 10.2. The number of allylic oxidation sites excluding steroid dienone is 1. The number of nitrogens with one attached hydrogen (secondary N) is 3. The number of guanidine groups is 1. The van der Waals surface area contributed by atoms with Crippen molar-refractivity contribution >= 4 is 11.8 Å². The van der Waals surface area contributed by atoms with Gasteiger partial charge in [-0.3, -0.25) is 9.36 Å². The molecule has 0 saturated heterocycles. The summed E-state index contributed by atoms with van der Waals surface area (Å²) in [5.41, 5.74) is 7.57. The molecule has 2 aromatic heterocycles. The van der Waals surface area contributed by atoms with E-state index in [0.717, 1.165) is 30.8 Å². The number of aromatic nitrogens is 2. The molecule has 2 saturated carbocycles. The first-order valence-electron chi connectivity index (χ1n) is 10.9. The summed E-state index contributed by atoms with van der Waals surface area (Å²) in [6, 6.07) is 9.29. The monoisotopic (exact) mass is 432 g/mol. The number of nitriles is 1. The number of pyridine rings is 2. The summed E-state index contributed by atoms with van der Waals surface area (Å²) in [5, 5.41) is 19.0. The third-order valence-corrected chi connectivity index (χ3v) is 5.88. The molecular weight excluding hydrogens is 404 g/mol. The summed E-state index contributed by atoms with van der Waals surface area (Å²) >= 11 is 0. The second-order valence-electron chi connectivity index (χ2n) is 8.23. The zero-order valence-electron chi connectivity index (χ0n) is 18.1. The van der Waals surface area contributed by atoms with Gasteiger partial charge in [-0.1, -0.05) is 0 Å². The summed E-state index contributed by atoms with van der Waals surface area (Å²) in [6.45, 7) is 0. The second-order valence-corrected chi connectivity index (χ2v) is 8.23. The highest BCUT2D eigenvalue weighted by Gasteiger charge is 2.26. The maximum atomic E-state index is 12.3. The van der Waals surface area contributed by atoms with E-state index in [1.54, 1.807) is 18.5 Å². The van der Waals surface area contributed by atoms with Crippen molar-refractivity contribution < 1.29 is 0 Å². The Hall–Kier alpha value is -3.80. The van der Waals surface area contributed by atoms with Gasteiger partial charge in [0.15, 0.2) is 5.96 Å². The lowest BCUT2D eigenvalue weighted by Crippen LogP contribution is -2.39. The standard InChI is InChI=1S/C23H28N8O/c1-26-20(15-4-5-15)14-28-23(25)30-18-7-6-17(11-18)29-21-9-8-19(13-27-21)31-10-2-3-16(12-24)22(31)32/h2-3,8-10,13-15,17-18,26H,4-7,11H2,1H3,(H,27,29)(H3,25,28,30)/b20-14-/t17-,18-/m0/s1. The van der Waals surface area contributed by atoms with Crippen molar-refractivity contribution in [2.45, 2.75) is 44.2 Å². The Kier molecular flexibility index (Phi) is 6.40. The molecule has 166 valence electrons. The third kappa shape index (κ3) is 5.09. The Morgan fingerprint density at radius 3 is 2.78 bits per heavy atom. The van der Waals surface area contributed by atoms with Gasteiger partial charge in [-0.05, 0) is 56.4 Å². The molecule has 2 aliphatic rings. The minimum atomic E-state index is -0.352. The molecule has 0 amide bonds. The van der Waals surface area contributed by atoms with Crippen molar-refractivity contribution in [3.05, 3.63) is 64.5 Å². The molecule has 2 heterocycles. The largest absolute Gasteiger partial charge is 0.390 e. The summed E-state index contributed by atoms with van der Waals surface area (Å²) in [6.07, 6.45) is 10.4. The van der Waals surface area contributed by atoms with Crippen molar-refractivity contribution in [3.63, 3.8) is 0 Å². The van der Waals surface area contributed by atoms with Crippen LogP contribution < -0.4 is 27.2 Å². The van der Waals surface area contributed by atoms with E-state index in [-0.39, 0.29) is 23.2 Å². The van der Waals surface area contributed by atoms with Crippen molar-refractivity contribution in [1.82, 2.24) is 20.2 Å². The molecule has 5 N–H and O–H groups in total. The van der Waals surface area contributed by atoms with Crippen LogP contribution in [0.25, 0.3) is 5.69 Å². The van der Waals surface area contributed by atoms with Crippen molar-refractivity contribution in [2.24, 2.45) is 16.6 Å². The van der Waals surface area contributed by atoms with Crippen molar-refractivity contribution in [3.8, 4) is 11.8 Å². The Morgan fingerprint density at radius 2 is 2.09 bits per heavy atom. The molecule has 2 atom stereocenters. The molecule has 0 bridgehead atoms. The molecule has 4 rings (SSSR count). The van der Waals surface area contributed by atoms with Crippen LogP contribution >= 0.6 is 0 Å². The molecule has 32 heavy (non-hydrogen) atoms. The van der Waals surface area contributed by atoms with Gasteiger partial charge >= 0.3 is 0 Å². The summed E-state index contributed by atoms with van der Waals surface area (Å²) in [5.74, 6) is 1.79. The van der Waals surface area contributed by atoms with Gasteiger partial charge in [0.05, 0.1) is 11.9 Å². The second kappa shape index (κ2) is 9.56. The van der Waals surface area contributed by atoms with E-state index in [1.165, 1.54) is 23.5 Å². The first-order valence-corrected chi connectivity index (χ1v) is 10.9. The highest BCUT2D eigenvalue weighted by Crippen LogP contribution is 2.34. The van der Waals surface area contributed by atoms with E-state index < -0.39 is 0 Å². The van der Waals surface area contributed by atoms with Crippen LogP contribution in [0.5, 0.6) is 0 Å². The number of hydrogen-bond donors (Lipinski definition) is 4. The van der Waals surface area contributed by atoms with Gasteiger partial charge in [0, 0.05) is 43.1 Å². The number of aliphatic imine (C=N–C) groups is 1. The lowest BCUT2D eigenvalue weighted by molar-refractivity contribution is 0.618. The SMILES string of the molecule is CN/C(=C\N=C(/N)N[C@H]1CC[C@H](Nc2ccc(-n3cccc(C#N)c3=O)cn2)C1)C1CC1. The van der Waals surface area contributed by atoms with Crippen molar-refractivity contribution in [1.29, 1.82) is 5.26 Å². The normalized spacial score (nSPS) is 21.1. The summed E-state index contributed by atoms with van der Waals surface area (Å²) < 4.78 is 1.42. The maximum absolute atomic E-state index is 12.3. The number of hydrogen-bond acceptors (Lipinski definition) is 6. The molecular formula is C23H28N8O. The molecule has 9 heteroatoms. The fourth-order valence-electron chi connectivity index (χ4n) is 4.00. The quantitative estimate of drug-likeness (QED) is 0.387. The molecule has 0 aromatic carbocycles. The van der Waals surface area contributed by atoms with Crippen LogP contribution in [0.3, 0.4) is 0 Å². The lowest BCUT2D eigenvalue weighted by Gasteiger charge is -2.16. The molecule has 9 nitrogen and oxygen atoms in total. The van der Waals surface area contributed by atoms with E-state index in [2.05, 4.69) is 25.9 Å². The first-order chi connectivity index (χ1) is 15.6. The summed E-state index contributed by atoms with van der Waals surface area (Å²) in [4.78, 5) is 21.1. The van der Waals surface area contributed by atoms with Gasteiger partial charge in [0.25, 0.3) is 5.56 Å². The first kappa shape index (κ1) is 21.4. The Bertz CT molecular complexity index is 1110. The van der Waals surface area contributed by atoms with Gasteiger partial charge in [-0.25, -0.2) is 9.98 Å². The highest BCUT2D eigenvalue weighted by atomic mass is 16.1. The average molecular weight is 433 g/mol. The van der Waals surface area contributed by atoms with Crippen molar-refractivity contribution in [2.75, 3.05) is 12.4 Å². The van der Waals surface area contributed by atoms with E-state index in [1.807, 2.05) is 31.4 Å². The number of nitrogens with zero attached hydrogens (tertiary/aromatic N) is 4. The molecule has 2 aromatic rings. The number of anilines is 1. The molecule has 0 unspecified atom stereocenters. The highest BCUT2D eigenvalue weighted by molar-refractivity contribution is 5.78. The Balaban J connectivity index is 1.32. The topological polar surface area (TPSA) is 133 Å². The van der Waals surface area contributed by atoms with Crippen LogP contribution in [-0.4, -0.2) is 34.6 Å².